The summed E-state index contributed by atoms with van der Waals surface area (Å²) < 4.78 is 111. The summed E-state index contributed by atoms with van der Waals surface area (Å²) in [6, 6.07) is -1.01. The lowest BCUT2D eigenvalue weighted by Crippen LogP contribution is -2.24. The van der Waals surface area contributed by atoms with Gasteiger partial charge in [-0.1, -0.05) is 54.2 Å². The predicted octanol–water partition coefficient (Wildman–Crippen LogP) is 6.87. The molecule has 0 fully saturated rings. The standard InChI is InChI=1S/C12H10Cl3F8NO4S/c1-27-8-6(9(25)12(16,17)18)2-5(29(19,20,21,22)23)3-7(8)24-10(26)28-4-11(13,14)15/h2-3,9,25H,4H2,1H3,(H,24,26). The van der Waals surface area contributed by atoms with E-state index in [0.29, 0.717) is 7.11 Å². The highest BCUT2D eigenvalue weighted by atomic mass is 35.6. The Bertz CT molecular complexity index is 798. The highest BCUT2D eigenvalue weighted by Crippen LogP contribution is 3.02. The van der Waals surface area contributed by atoms with Crippen molar-refractivity contribution in [1.82, 2.24) is 0 Å². The van der Waals surface area contributed by atoms with Crippen LogP contribution in [0.5, 0.6) is 5.75 Å². The van der Waals surface area contributed by atoms with Crippen molar-refractivity contribution in [2.24, 2.45) is 0 Å². The van der Waals surface area contributed by atoms with E-state index in [9.17, 15) is 42.5 Å². The van der Waals surface area contributed by atoms with Crippen LogP contribution in [0, 0.1) is 0 Å². The van der Waals surface area contributed by atoms with Crippen molar-refractivity contribution < 1.29 is 52.0 Å². The second-order valence-corrected chi connectivity index (χ2v) is 10.2. The van der Waals surface area contributed by atoms with Gasteiger partial charge in [0.2, 0.25) is 3.79 Å². The average molecular weight is 523 g/mol. The molecule has 0 saturated carbocycles. The van der Waals surface area contributed by atoms with Crippen LogP contribution in [0.4, 0.5) is 43.1 Å². The number of amides is 1. The number of aliphatic hydroxyl groups is 1. The van der Waals surface area contributed by atoms with Crippen molar-refractivity contribution >= 4 is 56.8 Å². The third-order valence-electron chi connectivity index (χ3n) is 2.95. The van der Waals surface area contributed by atoms with Crippen LogP contribution in [0.3, 0.4) is 0 Å². The molecule has 0 heterocycles. The first-order valence-electron chi connectivity index (χ1n) is 6.76. The van der Waals surface area contributed by atoms with Crippen LogP contribution >= 0.6 is 45.0 Å². The molecular formula is C12H10Cl3F8NO4S. The smallest absolute Gasteiger partial charge is 0.418 e. The Balaban J connectivity index is 3.60. The van der Waals surface area contributed by atoms with Crippen molar-refractivity contribution in [2.45, 2.75) is 21.0 Å². The third kappa shape index (κ3) is 7.59. The summed E-state index contributed by atoms with van der Waals surface area (Å²) >= 11 is 15.8. The Morgan fingerprint density at radius 2 is 1.69 bits per heavy atom. The lowest BCUT2D eigenvalue weighted by molar-refractivity contribution is -0.207. The fourth-order valence-electron chi connectivity index (χ4n) is 1.84. The largest absolute Gasteiger partial charge is 0.494 e. The Morgan fingerprint density at radius 1 is 1.17 bits per heavy atom. The number of ether oxygens (including phenoxy) is 2. The van der Waals surface area contributed by atoms with E-state index < -0.39 is 67.0 Å². The van der Waals surface area contributed by atoms with Gasteiger partial charge in [-0.3, -0.25) is 5.32 Å². The molecule has 0 aliphatic heterocycles. The Labute approximate surface area is 172 Å². The van der Waals surface area contributed by atoms with Crippen LogP contribution in [-0.4, -0.2) is 34.9 Å². The molecular weight excluding hydrogens is 513 g/mol. The molecule has 1 aromatic rings. The number of carbonyl (C=O) groups excluding carboxylic acids is 1. The van der Waals surface area contributed by atoms with Crippen molar-refractivity contribution in [3.8, 4) is 5.75 Å². The van der Waals surface area contributed by atoms with Crippen molar-refractivity contribution in [3.63, 3.8) is 0 Å². The van der Waals surface area contributed by atoms with Crippen molar-refractivity contribution in [1.29, 1.82) is 0 Å². The van der Waals surface area contributed by atoms with E-state index in [1.54, 1.807) is 0 Å². The van der Waals surface area contributed by atoms with Gasteiger partial charge in [-0.15, -0.1) is 0 Å². The maximum absolute atomic E-state index is 13.1. The SMILES string of the molecule is COc1c(NC(=O)OCC(Cl)(Cl)Cl)cc(S(F)(F)(F)(F)F)cc1C(O)C(F)(F)F. The number of halogens is 11. The summed E-state index contributed by atoms with van der Waals surface area (Å²) in [7, 11) is -9.90. The number of anilines is 1. The number of nitrogens with one attached hydrogen (secondary N) is 1. The quantitative estimate of drug-likeness (QED) is 0.327. The maximum Gasteiger partial charge on any atom is 0.418 e. The van der Waals surface area contributed by atoms with Crippen LogP contribution in [0.25, 0.3) is 0 Å². The first-order chi connectivity index (χ1) is 12.5. The minimum atomic E-state index is -10.5. The molecule has 0 radical (unpaired) electrons. The molecule has 1 atom stereocenters. The zero-order valence-corrected chi connectivity index (χ0v) is 16.8. The van der Waals surface area contributed by atoms with Crippen LogP contribution in [0.1, 0.15) is 11.7 Å². The van der Waals surface area contributed by atoms with Gasteiger partial charge in [0.15, 0.2) is 6.10 Å². The minimum Gasteiger partial charge on any atom is -0.494 e. The van der Waals surface area contributed by atoms with Gasteiger partial charge >= 0.3 is 22.5 Å². The molecule has 1 unspecified atom stereocenters. The van der Waals surface area contributed by atoms with Crippen LogP contribution in [-0.2, 0) is 4.74 Å². The highest BCUT2D eigenvalue weighted by Gasteiger charge is 2.66. The average Bonchev–Trinajstić information content (AvgIpc) is 2.47. The molecule has 29 heavy (non-hydrogen) atoms. The first kappa shape index (κ1) is 25.9. The van der Waals surface area contributed by atoms with Gasteiger partial charge in [0.25, 0.3) is 0 Å². The number of benzene rings is 1. The summed E-state index contributed by atoms with van der Waals surface area (Å²) in [5, 5.41) is 10.8. The fraction of sp³-hybridized carbons (Fsp3) is 0.417. The molecule has 1 amide bonds. The summed E-state index contributed by atoms with van der Waals surface area (Å²) in [5.74, 6) is -1.19. The monoisotopic (exact) mass is 521 g/mol. The van der Waals surface area contributed by atoms with Gasteiger partial charge in [0.05, 0.1) is 12.8 Å². The fourth-order valence-corrected chi connectivity index (χ4v) is 2.69. The lowest BCUT2D eigenvalue weighted by atomic mass is 10.1. The second kappa shape index (κ2) is 7.25. The van der Waals surface area contributed by atoms with E-state index >= 15 is 0 Å². The predicted molar refractivity (Wildman–Crippen MR) is 90.7 cm³/mol. The number of methoxy groups -OCH3 is 1. The molecule has 0 spiro atoms. The van der Waals surface area contributed by atoms with Gasteiger partial charge in [-0.25, -0.2) is 4.79 Å². The molecule has 0 saturated heterocycles. The number of hydrogen-bond acceptors (Lipinski definition) is 4. The zero-order valence-electron chi connectivity index (χ0n) is 13.7. The number of carbonyl (C=O) groups is 1. The van der Waals surface area contributed by atoms with E-state index in [1.807, 2.05) is 0 Å². The molecule has 1 rings (SSSR count). The van der Waals surface area contributed by atoms with Crippen LogP contribution in [0.2, 0.25) is 0 Å². The third-order valence-corrected chi connectivity index (χ3v) is 4.40. The lowest BCUT2D eigenvalue weighted by Gasteiger charge is -2.41. The van der Waals surface area contributed by atoms with Gasteiger partial charge in [-0.2, -0.15) is 13.2 Å². The van der Waals surface area contributed by atoms with Crippen molar-refractivity contribution in [2.75, 3.05) is 19.0 Å². The van der Waals surface area contributed by atoms with Gasteiger partial charge in [-0.05, 0) is 12.1 Å². The molecule has 0 aromatic heterocycles. The highest BCUT2D eigenvalue weighted by molar-refractivity contribution is 8.45. The molecule has 0 bridgehead atoms. The molecule has 5 nitrogen and oxygen atoms in total. The van der Waals surface area contributed by atoms with E-state index in [4.69, 9.17) is 34.8 Å². The Hall–Kier alpha value is -1.09. The van der Waals surface area contributed by atoms with Gasteiger partial charge in [0, 0.05) is 5.56 Å². The number of alkyl halides is 6. The molecule has 2 N–H and O–H groups in total. The molecule has 0 aliphatic carbocycles. The normalized spacial score (nSPS) is 16.4. The van der Waals surface area contributed by atoms with E-state index in [2.05, 4.69) is 9.47 Å². The Morgan fingerprint density at radius 3 is 2.07 bits per heavy atom. The summed E-state index contributed by atoms with van der Waals surface area (Å²) in [6.45, 7) is -0.953. The first-order valence-corrected chi connectivity index (χ1v) is 9.85. The molecule has 17 heteroatoms. The van der Waals surface area contributed by atoms with E-state index in [-0.39, 0.29) is 6.07 Å². The summed E-state index contributed by atoms with van der Waals surface area (Å²) in [6.07, 6.45) is -10.9. The minimum absolute atomic E-state index is 0.385. The molecule has 170 valence electrons. The Kier molecular flexibility index (Phi) is 6.49. The van der Waals surface area contributed by atoms with Gasteiger partial charge < -0.3 is 14.6 Å². The summed E-state index contributed by atoms with van der Waals surface area (Å²) in [4.78, 5) is 8.78. The maximum atomic E-state index is 13.1. The molecule has 0 aliphatic rings. The topological polar surface area (TPSA) is 67.8 Å². The summed E-state index contributed by atoms with van der Waals surface area (Å²) in [5.41, 5.74) is -3.05. The molecule has 1 aromatic carbocycles. The second-order valence-electron chi connectivity index (χ2n) is 5.32. The van der Waals surface area contributed by atoms with Crippen molar-refractivity contribution in [3.05, 3.63) is 17.7 Å². The zero-order chi connectivity index (χ0) is 23.1. The number of rotatable bonds is 5. The van der Waals surface area contributed by atoms with E-state index in [1.165, 1.54) is 5.32 Å². The van der Waals surface area contributed by atoms with Gasteiger partial charge in [0.1, 0.15) is 17.3 Å². The van der Waals surface area contributed by atoms with Crippen LogP contribution in [0.15, 0.2) is 17.0 Å². The van der Waals surface area contributed by atoms with E-state index in [0.717, 1.165) is 0 Å². The number of hydrogen-bond donors (Lipinski definition) is 2. The van der Waals surface area contributed by atoms with Crippen LogP contribution < -0.4 is 10.1 Å². The number of aliphatic hydroxyl groups excluding tert-OH is 1.